The third kappa shape index (κ3) is 2.65. The fourth-order valence-electron chi connectivity index (χ4n) is 1.29. The van der Waals surface area contributed by atoms with Crippen LogP contribution in [0.5, 0.6) is 0 Å². The molecule has 0 N–H and O–H groups in total. The van der Waals surface area contributed by atoms with Gasteiger partial charge in [0.2, 0.25) is 0 Å². The first-order valence-electron chi connectivity index (χ1n) is 4.77. The molecule has 16 heavy (non-hydrogen) atoms. The molecule has 0 spiro atoms. The Morgan fingerprint density at radius 2 is 1.62 bits per heavy atom. The number of hydrogen-bond donors (Lipinski definition) is 0. The summed E-state index contributed by atoms with van der Waals surface area (Å²) in [6.45, 7) is 0. The minimum atomic E-state index is 0.187. The van der Waals surface area contributed by atoms with Crippen molar-refractivity contribution >= 4 is 29.6 Å². The topological polar surface area (TPSA) is 48.8 Å². The van der Waals surface area contributed by atoms with Gasteiger partial charge in [-0.05, 0) is 0 Å². The molecule has 3 nitrogen and oxygen atoms in total. The summed E-state index contributed by atoms with van der Waals surface area (Å²) in [4.78, 5) is 2.84. The molecule has 0 atom stereocenters. The van der Waals surface area contributed by atoms with E-state index in [1.54, 1.807) is 0 Å². The van der Waals surface area contributed by atoms with Crippen molar-refractivity contribution in [3.8, 4) is 0 Å². The second kappa shape index (κ2) is 5.38. The third-order valence-corrected chi connectivity index (χ3v) is 4.24. The van der Waals surface area contributed by atoms with Gasteiger partial charge in [0.15, 0.2) is 0 Å². The van der Waals surface area contributed by atoms with Crippen molar-refractivity contribution in [2.45, 2.75) is 0 Å². The van der Waals surface area contributed by atoms with Crippen molar-refractivity contribution in [1.29, 1.82) is 0 Å². The molecule has 0 aromatic heterocycles. The second-order valence-electron chi connectivity index (χ2n) is 3.07. The summed E-state index contributed by atoms with van der Waals surface area (Å²) < 4.78 is 2.38. The number of rotatable bonds is 3. The van der Waals surface area contributed by atoms with E-state index in [2.05, 4.69) is 22.2 Å². The Morgan fingerprint density at radius 3 is 2.38 bits per heavy atom. The number of nitrogens with zero attached hydrogens (tertiary/aromatic N) is 3. The maximum absolute atomic E-state index is 8.48. The van der Waals surface area contributed by atoms with Crippen LogP contribution in [0.3, 0.4) is 0 Å². The molecule has 2 aromatic carbocycles. The molecule has 0 bridgehead atoms. The predicted octanol–water partition coefficient (Wildman–Crippen LogP) is 2.28. The standard InChI is InChI=1S/C12H9N3Se/c13-15-14-11-8-4-5-9-12(11)16-10-6-2-1-3-7-10/h1-9H. The van der Waals surface area contributed by atoms with Crippen molar-refractivity contribution in [3.05, 3.63) is 65.0 Å². The zero-order chi connectivity index (χ0) is 11.2. The van der Waals surface area contributed by atoms with Crippen LogP contribution in [0.1, 0.15) is 0 Å². The molecule has 78 valence electrons. The summed E-state index contributed by atoms with van der Waals surface area (Å²) in [5, 5.41) is 3.70. The fourth-order valence-corrected chi connectivity index (χ4v) is 3.19. The molecule has 0 unspecified atom stereocenters. The molecule has 2 aromatic rings. The van der Waals surface area contributed by atoms with Crippen LogP contribution in [0, 0.1) is 0 Å². The van der Waals surface area contributed by atoms with E-state index in [1.807, 2.05) is 42.5 Å². The van der Waals surface area contributed by atoms with Crippen molar-refractivity contribution in [1.82, 2.24) is 0 Å². The number of hydrogen-bond acceptors (Lipinski definition) is 1. The molecular weight excluding hydrogens is 265 g/mol. The van der Waals surface area contributed by atoms with E-state index in [0.29, 0.717) is 0 Å². The molecule has 0 heterocycles. The van der Waals surface area contributed by atoms with Gasteiger partial charge in [0.1, 0.15) is 0 Å². The van der Waals surface area contributed by atoms with Crippen molar-refractivity contribution < 1.29 is 0 Å². The minimum absolute atomic E-state index is 0.187. The average Bonchev–Trinajstić information content (AvgIpc) is 2.33. The zero-order valence-corrected chi connectivity index (χ0v) is 10.2. The summed E-state index contributed by atoms with van der Waals surface area (Å²) in [6, 6.07) is 17.9. The van der Waals surface area contributed by atoms with Gasteiger partial charge in [0.25, 0.3) is 0 Å². The van der Waals surface area contributed by atoms with Gasteiger partial charge in [-0.1, -0.05) is 0 Å². The van der Waals surface area contributed by atoms with Gasteiger partial charge in [-0.15, -0.1) is 0 Å². The Hall–Kier alpha value is -1.73. The molecule has 0 saturated carbocycles. The summed E-state index contributed by atoms with van der Waals surface area (Å²) in [5.41, 5.74) is 9.21. The van der Waals surface area contributed by atoms with Crippen molar-refractivity contribution in [2.24, 2.45) is 5.11 Å². The van der Waals surface area contributed by atoms with E-state index in [-0.39, 0.29) is 15.0 Å². The molecule has 4 heteroatoms. The zero-order valence-electron chi connectivity index (χ0n) is 8.45. The van der Waals surface area contributed by atoms with Gasteiger partial charge in [0.05, 0.1) is 0 Å². The van der Waals surface area contributed by atoms with Crippen LogP contribution < -0.4 is 8.92 Å². The van der Waals surface area contributed by atoms with Gasteiger partial charge < -0.3 is 0 Å². The van der Waals surface area contributed by atoms with Crippen LogP contribution in [0.2, 0.25) is 0 Å². The van der Waals surface area contributed by atoms with Crippen LogP contribution in [-0.2, 0) is 0 Å². The summed E-state index contributed by atoms with van der Waals surface area (Å²) >= 11 is 0.187. The van der Waals surface area contributed by atoms with Crippen molar-refractivity contribution in [3.63, 3.8) is 0 Å². The fraction of sp³-hybridized carbons (Fsp3) is 0. The Balaban J connectivity index is 2.31. The first kappa shape index (κ1) is 10.8. The molecule has 0 aliphatic rings. The van der Waals surface area contributed by atoms with Gasteiger partial charge in [-0.3, -0.25) is 0 Å². The van der Waals surface area contributed by atoms with Crippen LogP contribution in [-0.4, -0.2) is 15.0 Å². The van der Waals surface area contributed by atoms with Gasteiger partial charge >= 0.3 is 99.7 Å². The van der Waals surface area contributed by atoms with E-state index in [1.165, 1.54) is 4.46 Å². The number of azide groups is 1. The van der Waals surface area contributed by atoms with E-state index < -0.39 is 0 Å². The average molecular weight is 274 g/mol. The van der Waals surface area contributed by atoms with E-state index in [9.17, 15) is 0 Å². The van der Waals surface area contributed by atoms with Gasteiger partial charge in [0, 0.05) is 0 Å². The normalized spacial score (nSPS) is 9.50. The van der Waals surface area contributed by atoms with Crippen LogP contribution in [0.15, 0.2) is 59.7 Å². The molecule has 0 aliphatic carbocycles. The molecular formula is C12H9N3Se. The number of benzene rings is 2. The summed E-state index contributed by atoms with van der Waals surface area (Å²) in [6.07, 6.45) is 0. The van der Waals surface area contributed by atoms with Crippen LogP contribution in [0.4, 0.5) is 5.69 Å². The first-order chi connectivity index (χ1) is 7.90. The first-order valence-corrected chi connectivity index (χ1v) is 6.48. The third-order valence-electron chi connectivity index (χ3n) is 1.99. The monoisotopic (exact) mass is 275 g/mol. The molecule has 0 saturated heterocycles. The SMILES string of the molecule is [N-]=[N+]=Nc1ccccc1[Se]c1ccccc1. The predicted molar refractivity (Wildman–Crippen MR) is 66.7 cm³/mol. The van der Waals surface area contributed by atoms with Gasteiger partial charge in [-0.25, -0.2) is 0 Å². The van der Waals surface area contributed by atoms with E-state index >= 15 is 0 Å². The molecule has 0 radical (unpaired) electrons. The quantitative estimate of drug-likeness (QED) is 0.357. The Labute approximate surface area is 99.9 Å². The maximum atomic E-state index is 8.48. The Morgan fingerprint density at radius 1 is 0.938 bits per heavy atom. The Bertz CT molecular complexity index is 519. The molecule has 0 aliphatic heterocycles. The van der Waals surface area contributed by atoms with Crippen LogP contribution in [0.25, 0.3) is 10.4 Å². The van der Waals surface area contributed by atoms with Crippen LogP contribution >= 0.6 is 0 Å². The summed E-state index contributed by atoms with van der Waals surface area (Å²) in [7, 11) is 0. The summed E-state index contributed by atoms with van der Waals surface area (Å²) in [5.74, 6) is 0. The van der Waals surface area contributed by atoms with E-state index in [4.69, 9.17) is 5.53 Å². The second-order valence-corrected chi connectivity index (χ2v) is 5.41. The molecule has 0 fully saturated rings. The van der Waals surface area contributed by atoms with E-state index in [0.717, 1.165) is 10.1 Å². The Kier molecular flexibility index (Phi) is 3.62. The molecule has 2 rings (SSSR count). The molecule has 0 amide bonds. The van der Waals surface area contributed by atoms with Crippen molar-refractivity contribution in [2.75, 3.05) is 0 Å². The van der Waals surface area contributed by atoms with Gasteiger partial charge in [-0.2, -0.15) is 0 Å².